The van der Waals surface area contributed by atoms with E-state index >= 15 is 0 Å². The fraction of sp³-hybridized carbons (Fsp3) is 0.579. The van der Waals surface area contributed by atoms with E-state index in [9.17, 15) is 14.7 Å². The van der Waals surface area contributed by atoms with Gasteiger partial charge < -0.3 is 14.8 Å². The van der Waals surface area contributed by atoms with Gasteiger partial charge in [0.25, 0.3) is 0 Å². The molecule has 1 heterocycles. The van der Waals surface area contributed by atoms with Crippen LogP contribution in [0.2, 0.25) is 18.1 Å². The standard InChI is InChI=1S/C19H26BrNO4Si/c1-18(2,3)26(4,5)25-12-6-7-19(10-12)15-13(20)8-11(16(22)23)9-14(15)21-17(19)24/h8-9,12H,6-7,10H2,1-5H3,(H,21,24)(H,22,23). The first-order valence-corrected chi connectivity index (χ1v) is 12.6. The molecule has 1 spiro atoms. The van der Waals surface area contributed by atoms with Crippen LogP contribution in [0.15, 0.2) is 16.6 Å². The molecule has 2 N–H and O–H groups in total. The molecule has 1 aromatic rings. The first-order chi connectivity index (χ1) is 11.9. The minimum atomic E-state index is -1.91. The van der Waals surface area contributed by atoms with Crippen molar-refractivity contribution in [2.24, 2.45) is 0 Å². The molecule has 1 aromatic carbocycles. The van der Waals surface area contributed by atoms with E-state index in [1.54, 1.807) is 12.1 Å². The number of rotatable bonds is 3. The molecule has 5 nitrogen and oxygen atoms in total. The summed E-state index contributed by atoms with van der Waals surface area (Å²) in [6.45, 7) is 11.1. The lowest BCUT2D eigenvalue weighted by Crippen LogP contribution is -2.44. The van der Waals surface area contributed by atoms with Gasteiger partial charge in [-0.3, -0.25) is 4.79 Å². The Hall–Kier alpha value is -1.18. The molecular weight excluding hydrogens is 414 g/mol. The summed E-state index contributed by atoms with van der Waals surface area (Å²) in [6, 6.07) is 3.14. The van der Waals surface area contributed by atoms with Crippen molar-refractivity contribution in [1.82, 2.24) is 0 Å². The number of amides is 1. The molecule has 1 fully saturated rings. The van der Waals surface area contributed by atoms with Gasteiger partial charge in [0.2, 0.25) is 5.91 Å². The van der Waals surface area contributed by atoms with Crippen LogP contribution in [-0.4, -0.2) is 31.4 Å². The average Bonchev–Trinajstić information content (AvgIpc) is 3.00. The van der Waals surface area contributed by atoms with E-state index in [0.717, 1.165) is 18.4 Å². The normalized spacial score (nSPS) is 25.5. The van der Waals surface area contributed by atoms with Gasteiger partial charge in [0.15, 0.2) is 8.32 Å². The van der Waals surface area contributed by atoms with Crippen LogP contribution in [0.4, 0.5) is 5.69 Å². The Bertz CT molecular complexity index is 786. The largest absolute Gasteiger partial charge is 0.478 e. The van der Waals surface area contributed by atoms with Crippen LogP contribution in [0.1, 0.15) is 56.0 Å². The van der Waals surface area contributed by atoms with Crippen molar-refractivity contribution >= 4 is 41.8 Å². The molecule has 2 atom stereocenters. The van der Waals surface area contributed by atoms with Gasteiger partial charge >= 0.3 is 5.97 Å². The van der Waals surface area contributed by atoms with Gasteiger partial charge in [0.1, 0.15) is 0 Å². The van der Waals surface area contributed by atoms with Crippen LogP contribution in [0.25, 0.3) is 0 Å². The lowest BCUT2D eigenvalue weighted by Gasteiger charge is -2.38. The zero-order valence-electron chi connectivity index (χ0n) is 15.9. The highest BCUT2D eigenvalue weighted by molar-refractivity contribution is 9.10. The van der Waals surface area contributed by atoms with Crippen molar-refractivity contribution in [1.29, 1.82) is 0 Å². The number of anilines is 1. The van der Waals surface area contributed by atoms with Crippen LogP contribution >= 0.6 is 15.9 Å². The molecule has 1 aliphatic heterocycles. The minimum Gasteiger partial charge on any atom is -0.478 e. The molecule has 2 aliphatic rings. The van der Waals surface area contributed by atoms with E-state index in [-0.39, 0.29) is 22.6 Å². The Kier molecular flexibility index (Phi) is 4.65. The van der Waals surface area contributed by atoms with E-state index in [1.165, 1.54) is 0 Å². The number of carbonyl (C=O) groups is 2. The lowest BCUT2D eigenvalue weighted by atomic mass is 9.80. The Labute approximate surface area is 163 Å². The van der Waals surface area contributed by atoms with E-state index in [2.05, 4.69) is 55.1 Å². The molecule has 7 heteroatoms. The van der Waals surface area contributed by atoms with E-state index < -0.39 is 19.7 Å². The predicted molar refractivity (Wildman–Crippen MR) is 107 cm³/mol. The maximum atomic E-state index is 12.9. The van der Waals surface area contributed by atoms with E-state index in [1.807, 2.05) is 0 Å². The molecule has 0 bridgehead atoms. The summed E-state index contributed by atoms with van der Waals surface area (Å²) >= 11 is 3.50. The van der Waals surface area contributed by atoms with E-state index in [4.69, 9.17) is 4.43 Å². The van der Waals surface area contributed by atoms with Crippen LogP contribution in [0.3, 0.4) is 0 Å². The van der Waals surface area contributed by atoms with Crippen molar-refractivity contribution in [3.63, 3.8) is 0 Å². The maximum absolute atomic E-state index is 12.9. The van der Waals surface area contributed by atoms with Crippen LogP contribution in [0.5, 0.6) is 0 Å². The summed E-state index contributed by atoms with van der Waals surface area (Å²) in [4.78, 5) is 24.2. The molecule has 0 radical (unpaired) electrons. The van der Waals surface area contributed by atoms with Gasteiger partial charge in [-0.25, -0.2) is 4.79 Å². The second-order valence-electron chi connectivity index (χ2n) is 8.96. The molecule has 0 saturated heterocycles. The molecule has 1 saturated carbocycles. The average molecular weight is 440 g/mol. The van der Waals surface area contributed by atoms with Gasteiger partial charge in [0.05, 0.1) is 11.0 Å². The highest BCUT2D eigenvalue weighted by atomic mass is 79.9. The van der Waals surface area contributed by atoms with Crippen LogP contribution in [0, 0.1) is 0 Å². The number of halogens is 1. The Morgan fingerprint density at radius 1 is 1.38 bits per heavy atom. The zero-order valence-corrected chi connectivity index (χ0v) is 18.5. The molecule has 0 aromatic heterocycles. The number of carbonyl (C=O) groups excluding carboxylic acids is 1. The first kappa shape index (κ1) is 19.6. The molecule has 142 valence electrons. The maximum Gasteiger partial charge on any atom is 0.335 e. The molecule has 2 unspecified atom stereocenters. The van der Waals surface area contributed by atoms with Crippen LogP contribution < -0.4 is 5.32 Å². The third-order valence-electron chi connectivity index (χ3n) is 6.24. The topological polar surface area (TPSA) is 75.6 Å². The van der Waals surface area contributed by atoms with Gasteiger partial charge in [-0.15, -0.1) is 0 Å². The smallest absolute Gasteiger partial charge is 0.335 e. The highest BCUT2D eigenvalue weighted by Crippen LogP contribution is 2.53. The highest BCUT2D eigenvalue weighted by Gasteiger charge is 2.54. The Morgan fingerprint density at radius 2 is 2.04 bits per heavy atom. The second kappa shape index (κ2) is 6.17. The Balaban J connectivity index is 1.92. The Morgan fingerprint density at radius 3 is 2.62 bits per heavy atom. The fourth-order valence-electron chi connectivity index (χ4n) is 3.80. The summed E-state index contributed by atoms with van der Waals surface area (Å²) in [7, 11) is -1.91. The quantitative estimate of drug-likeness (QED) is 0.655. The summed E-state index contributed by atoms with van der Waals surface area (Å²) in [5, 5.41) is 12.3. The lowest BCUT2D eigenvalue weighted by molar-refractivity contribution is -0.120. The number of benzene rings is 1. The summed E-state index contributed by atoms with van der Waals surface area (Å²) in [5.41, 5.74) is 1.03. The number of hydrogen-bond acceptors (Lipinski definition) is 3. The van der Waals surface area contributed by atoms with Gasteiger partial charge in [-0.05, 0) is 49.5 Å². The number of hydrogen-bond donors (Lipinski definition) is 2. The van der Waals surface area contributed by atoms with Crippen LogP contribution in [-0.2, 0) is 14.6 Å². The number of carboxylic acid groups (broad SMARTS) is 1. The van der Waals surface area contributed by atoms with E-state index in [0.29, 0.717) is 16.6 Å². The number of aromatic carboxylic acids is 1. The summed E-state index contributed by atoms with van der Waals surface area (Å²) in [6.07, 6.45) is 2.25. The minimum absolute atomic E-state index is 0.0444. The van der Waals surface area contributed by atoms with Crippen molar-refractivity contribution in [3.8, 4) is 0 Å². The molecular formula is C19H26BrNO4Si. The number of nitrogens with one attached hydrogen (secondary N) is 1. The van der Waals surface area contributed by atoms with Gasteiger partial charge in [-0.2, -0.15) is 0 Å². The molecule has 1 aliphatic carbocycles. The van der Waals surface area contributed by atoms with Gasteiger partial charge in [-0.1, -0.05) is 36.7 Å². The van der Waals surface area contributed by atoms with Gasteiger partial charge in [0, 0.05) is 21.8 Å². The zero-order chi connectivity index (χ0) is 19.5. The monoisotopic (exact) mass is 439 g/mol. The summed E-state index contributed by atoms with van der Waals surface area (Å²) in [5.74, 6) is -1.05. The van der Waals surface area contributed by atoms with Crippen molar-refractivity contribution in [2.75, 3.05) is 5.32 Å². The third kappa shape index (κ3) is 3.04. The van der Waals surface area contributed by atoms with Crippen molar-refractivity contribution < 1.29 is 19.1 Å². The SMILES string of the molecule is CC(C)(C)[Si](C)(C)OC1CCC2(C1)C(=O)Nc1cc(C(=O)O)cc(Br)c12. The van der Waals surface area contributed by atoms with Crippen molar-refractivity contribution in [3.05, 3.63) is 27.7 Å². The molecule has 1 amide bonds. The third-order valence-corrected chi connectivity index (χ3v) is 11.4. The number of carboxylic acids is 1. The molecule has 3 rings (SSSR count). The fourth-order valence-corrected chi connectivity index (χ4v) is 6.03. The number of fused-ring (bicyclic) bond motifs is 2. The summed E-state index contributed by atoms with van der Waals surface area (Å²) < 4.78 is 7.24. The van der Waals surface area contributed by atoms with Crippen molar-refractivity contribution in [2.45, 2.75) is 69.7 Å². The second-order valence-corrected chi connectivity index (χ2v) is 14.6. The first-order valence-electron chi connectivity index (χ1n) is 8.94. The molecule has 26 heavy (non-hydrogen) atoms. The predicted octanol–water partition coefficient (Wildman–Crippen LogP) is 4.91.